The monoisotopic (exact) mass is 358 g/mol. The van der Waals surface area contributed by atoms with Gasteiger partial charge < -0.3 is 19.3 Å². The minimum Gasteiger partial charge on any atom is -0.493 e. The van der Waals surface area contributed by atoms with Crippen LogP contribution in [0.4, 0.5) is 0 Å². The smallest absolute Gasteiger partial charge is 0.335 e. The first-order valence-corrected chi connectivity index (χ1v) is 8.65. The molecule has 2 rings (SSSR count). The molecule has 0 unspecified atom stereocenters. The van der Waals surface area contributed by atoms with Crippen molar-refractivity contribution in [2.75, 3.05) is 20.3 Å². The van der Waals surface area contributed by atoms with E-state index in [2.05, 4.69) is 32.9 Å². The van der Waals surface area contributed by atoms with Gasteiger partial charge in [-0.05, 0) is 47.7 Å². The van der Waals surface area contributed by atoms with Crippen molar-refractivity contribution in [1.82, 2.24) is 0 Å². The molecule has 0 aliphatic heterocycles. The maximum Gasteiger partial charge on any atom is 0.335 e. The molecule has 0 bridgehead atoms. The molecule has 0 spiro atoms. The van der Waals surface area contributed by atoms with Crippen LogP contribution in [-0.4, -0.2) is 31.4 Å². The first-order chi connectivity index (χ1) is 12.4. The molecule has 0 fully saturated rings. The maximum absolute atomic E-state index is 11.0. The third kappa shape index (κ3) is 4.91. The van der Waals surface area contributed by atoms with Gasteiger partial charge in [-0.2, -0.15) is 0 Å². The van der Waals surface area contributed by atoms with Crippen LogP contribution in [0.25, 0.3) is 0 Å². The third-order valence-electron chi connectivity index (χ3n) is 4.54. The molecule has 5 nitrogen and oxygen atoms in total. The number of carbonyl (C=O) groups is 1. The Morgan fingerprint density at radius 2 is 1.65 bits per heavy atom. The molecule has 5 heteroatoms. The zero-order chi connectivity index (χ0) is 19.2. The van der Waals surface area contributed by atoms with Crippen LogP contribution in [0, 0.1) is 0 Å². The molecule has 0 aromatic heterocycles. The van der Waals surface area contributed by atoms with Crippen molar-refractivity contribution in [3.05, 3.63) is 53.6 Å². The lowest BCUT2D eigenvalue weighted by Gasteiger charge is -2.23. The lowest BCUT2D eigenvalue weighted by molar-refractivity contribution is 0.0696. The van der Waals surface area contributed by atoms with E-state index < -0.39 is 5.97 Å². The molecule has 0 aliphatic carbocycles. The Bertz CT molecular complexity index is 735. The van der Waals surface area contributed by atoms with E-state index in [1.807, 2.05) is 12.1 Å². The summed E-state index contributed by atoms with van der Waals surface area (Å²) in [5.41, 5.74) is 1.59. The molecule has 140 valence electrons. The topological polar surface area (TPSA) is 65.0 Å². The van der Waals surface area contributed by atoms with Gasteiger partial charge in [-0.15, -0.1) is 0 Å². The Labute approximate surface area is 154 Å². The summed E-state index contributed by atoms with van der Waals surface area (Å²) < 4.78 is 16.5. The largest absolute Gasteiger partial charge is 0.493 e. The summed E-state index contributed by atoms with van der Waals surface area (Å²) in [6, 6.07) is 12.6. The highest BCUT2D eigenvalue weighted by atomic mass is 16.5. The molecule has 0 heterocycles. The summed E-state index contributed by atoms with van der Waals surface area (Å²) in [6.07, 6.45) is 1.07. The van der Waals surface area contributed by atoms with E-state index in [1.165, 1.54) is 24.8 Å². The predicted octanol–water partition coefficient (Wildman–Crippen LogP) is 4.54. The van der Waals surface area contributed by atoms with Gasteiger partial charge >= 0.3 is 5.97 Å². The summed E-state index contributed by atoms with van der Waals surface area (Å²) in [5.74, 6) is 0.655. The van der Waals surface area contributed by atoms with Gasteiger partial charge in [0.15, 0.2) is 11.5 Å². The van der Waals surface area contributed by atoms with Crippen molar-refractivity contribution in [3.8, 4) is 17.2 Å². The van der Waals surface area contributed by atoms with Gasteiger partial charge in [-0.1, -0.05) is 32.9 Å². The Hall–Kier alpha value is -2.69. The molecular formula is C21H26O5. The highest BCUT2D eigenvalue weighted by molar-refractivity contribution is 5.88. The number of rotatable bonds is 9. The van der Waals surface area contributed by atoms with Crippen LogP contribution in [0.15, 0.2) is 42.5 Å². The number of ether oxygens (including phenoxy) is 3. The number of methoxy groups -OCH3 is 1. The van der Waals surface area contributed by atoms with Crippen molar-refractivity contribution in [2.24, 2.45) is 0 Å². The molecule has 0 atom stereocenters. The van der Waals surface area contributed by atoms with Gasteiger partial charge in [-0.25, -0.2) is 4.79 Å². The number of carboxylic acid groups (broad SMARTS) is 1. The molecule has 1 N–H and O–H groups in total. The van der Waals surface area contributed by atoms with E-state index >= 15 is 0 Å². The van der Waals surface area contributed by atoms with Crippen LogP contribution in [0.3, 0.4) is 0 Å². The van der Waals surface area contributed by atoms with Crippen LogP contribution in [0.5, 0.6) is 17.2 Å². The van der Waals surface area contributed by atoms with Gasteiger partial charge in [0.1, 0.15) is 19.0 Å². The Kier molecular flexibility index (Phi) is 6.50. The summed E-state index contributed by atoms with van der Waals surface area (Å²) in [7, 11) is 1.48. The average molecular weight is 358 g/mol. The van der Waals surface area contributed by atoms with Crippen molar-refractivity contribution in [3.63, 3.8) is 0 Å². The normalized spacial score (nSPS) is 11.1. The maximum atomic E-state index is 11.0. The van der Waals surface area contributed by atoms with Gasteiger partial charge in [0.05, 0.1) is 12.7 Å². The highest BCUT2D eigenvalue weighted by Crippen LogP contribution is 2.29. The lowest BCUT2D eigenvalue weighted by Crippen LogP contribution is -2.15. The molecule has 0 aliphatic rings. The number of hydrogen-bond donors (Lipinski definition) is 1. The van der Waals surface area contributed by atoms with E-state index in [1.54, 1.807) is 6.07 Å². The number of benzene rings is 2. The molecule has 0 amide bonds. The first-order valence-electron chi connectivity index (χ1n) is 8.65. The number of hydrogen-bond acceptors (Lipinski definition) is 4. The van der Waals surface area contributed by atoms with Gasteiger partial charge in [0.2, 0.25) is 0 Å². The van der Waals surface area contributed by atoms with E-state index in [4.69, 9.17) is 19.3 Å². The molecule has 0 radical (unpaired) electrons. The molecule has 26 heavy (non-hydrogen) atoms. The van der Waals surface area contributed by atoms with Crippen molar-refractivity contribution >= 4 is 5.97 Å². The van der Waals surface area contributed by atoms with E-state index in [0.29, 0.717) is 24.7 Å². The van der Waals surface area contributed by atoms with Crippen LogP contribution in [0.2, 0.25) is 0 Å². The summed E-state index contributed by atoms with van der Waals surface area (Å²) >= 11 is 0. The van der Waals surface area contributed by atoms with Crippen molar-refractivity contribution < 1.29 is 24.1 Å². The zero-order valence-corrected chi connectivity index (χ0v) is 15.7. The molecule has 0 saturated carbocycles. The Morgan fingerprint density at radius 3 is 2.23 bits per heavy atom. The van der Waals surface area contributed by atoms with Crippen LogP contribution < -0.4 is 14.2 Å². The van der Waals surface area contributed by atoms with Crippen molar-refractivity contribution in [1.29, 1.82) is 0 Å². The molecule has 2 aromatic carbocycles. The minimum absolute atomic E-state index is 0.153. The average Bonchev–Trinajstić information content (AvgIpc) is 2.65. The fourth-order valence-electron chi connectivity index (χ4n) is 2.44. The van der Waals surface area contributed by atoms with Crippen LogP contribution >= 0.6 is 0 Å². The van der Waals surface area contributed by atoms with Gasteiger partial charge in [0.25, 0.3) is 0 Å². The second kappa shape index (κ2) is 8.61. The van der Waals surface area contributed by atoms with E-state index in [-0.39, 0.29) is 11.0 Å². The SMILES string of the molecule is CCC(C)(C)c1ccc(OCCOc2ccc(C(=O)O)cc2OC)cc1. The van der Waals surface area contributed by atoms with Gasteiger partial charge in [0, 0.05) is 0 Å². The van der Waals surface area contributed by atoms with E-state index in [0.717, 1.165) is 12.2 Å². The Balaban J connectivity index is 1.88. The second-order valence-corrected chi connectivity index (χ2v) is 6.63. The second-order valence-electron chi connectivity index (χ2n) is 6.63. The fourth-order valence-corrected chi connectivity index (χ4v) is 2.44. The summed E-state index contributed by atoms with van der Waals surface area (Å²) in [5, 5.41) is 9.00. The Morgan fingerprint density at radius 1 is 1.00 bits per heavy atom. The quantitative estimate of drug-likeness (QED) is 0.667. The van der Waals surface area contributed by atoms with Crippen molar-refractivity contribution in [2.45, 2.75) is 32.6 Å². The highest BCUT2D eigenvalue weighted by Gasteiger charge is 2.17. The van der Waals surface area contributed by atoms with Gasteiger partial charge in [-0.3, -0.25) is 0 Å². The third-order valence-corrected chi connectivity index (χ3v) is 4.54. The standard InChI is InChI=1S/C21H26O5/c1-5-21(2,3)16-7-9-17(10-8-16)25-12-13-26-18-11-6-15(20(22)23)14-19(18)24-4/h6-11,14H,5,12-13H2,1-4H3,(H,22,23). The fraction of sp³-hybridized carbons (Fsp3) is 0.381. The molecule has 0 saturated heterocycles. The predicted molar refractivity (Wildman–Crippen MR) is 101 cm³/mol. The summed E-state index contributed by atoms with van der Waals surface area (Å²) in [6.45, 7) is 7.32. The first kappa shape index (κ1) is 19.6. The number of carboxylic acids is 1. The zero-order valence-electron chi connectivity index (χ0n) is 15.7. The minimum atomic E-state index is -1.01. The lowest BCUT2D eigenvalue weighted by atomic mass is 9.82. The molecule has 2 aromatic rings. The number of aromatic carboxylic acids is 1. The van der Waals surface area contributed by atoms with Crippen LogP contribution in [0.1, 0.15) is 43.1 Å². The summed E-state index contributed by atoms with van der Waals surface area (Å²) in [4.78, 5) is 11.0. The van der Waals surface area contributed by atoms with E-state index in [9.17, 15) is 4.79 Å². The van der Waals surface area contributed by atoms with Crippen LogP contribution in [-0.2, 0) is 5.41 Å². The molecular weight excluding hydrogens is 332 g/mol.